The molecule has 0 saturated carbocycles. The molecule has 4 N–H and O–H groups in total. The van der Waals surface area contributed by atoms with E-state index in [9.17, 15) is 9.90 Å². The number of hydrogen-bond acceptors (Lipinski definition) is 3. The van der Waals surface area contributed by atoms with E-state index in [-0.39, 0.29) is 25.7 Å². The molecule has 1 aromatic rings. The molecule has 0 aliphatic heterocycles. The number of aromatic hydroxyl groups is 1. The molecule has 4 nitrogen and oxygen atoms in total. The second kappa shape index (κ2) is 6.48. The molecule has 1 unspecified atom stereocenters. The molecule has 0 amide bonds. The molecule has 0 heterocycles. The maximum Gasteiger partial charge on any atom is 0.320 e. The van der Waals surface area contributed by atoms with Crippen molar-refractivity contribution in [2.75, 3.05) is 0 Å². The molecule has 90 valence electrons. The quantitative estimate of drug-likeness (QED) is 0.757. The largest absolute Gasteiger partial charge is 0.506 e. The van der Waals surface area contributed by atoms with Crippen LogP contribution in [0, 0.1) is 0 Å². The maximum absolute atomic E-state index is 10.5. The standard InChI is InChI=1S/C9H9Br2NO3.H2S/c10-5-1-4(2-6(11)8(5)13)3-7(12)9(14)15;/h1-2,7,13H,3,12H2,(H,14,15);1H2. The number of carboxylic acids is 1. The van der Waals surface area contributed by atoms with Crippen LogP contribution in [0.2, 0.25) is 0 Å². The fraction of sp³-hybridized carbons (Fsp3) is 0.222. The molecule has 0 radical (unpaired) electrons. The molecule has 0 bridgehead atoms. The van der Waals surface area contributed by atoms with Crippen molar-refractivity contribution in [3.63, 3.8) is 0 Å². The lowest BCUT2D eigenvalue weighted by atomic mass is 10.1. The molecule has 0 spiro atoms. The zero-order chi connectivity index (χ0) is 11.6. The lowest BCUT2D eigenvalue weighted by molar-refractivity contribution is -0.138. The van der Waals surface area contributed by atoms with Crippen LogP contribution in [-0.2, 0) is 11.2 Å². The maximum atomic E-state index is 10.5. The summed E-state index contributed by atoms with van der Waals surface area (Å²) in [7, 11) is 0. The molecule has 1 atom stereocenters. The Bertz CT molecular complexity index is 377. The van der Waals surface area contributed by atoms with Crippen molar-refractivity contribution < 1.29 is 15.0 Å². The second-order valence-corrected chi connectivity index (χ2v) is 4.77. The molecule has 1 aromatic carbocycles. The van der Waals surface area contributed by atoms with Gasteiger partial charge in [0.15, 0.2) is 0 Å². The average Bonchev–Trinajstić information content (AvgIpc) is 2.13. The van der Waals surface area contributed by atoms with E-state index >= 15 is 0 Å². The normalized spacial score (nSPS) is 11.7. The molecule has 16 heavy (non-hydrogen) atoms. The summed E-state index contributed by atoms with van der Waals surface area (Å²) in [5.41, 5.74) is 6.13. The lowest BCUT2D eigenvalue weighted by Crippen LogP contribution is -2.32. The van der Waals surface area contributed by atoms with Crippen molar-refractivity contribution in [2.45, 2.75) is 12.5 Å². The first kappa shape index (κ1) is 15.8. The minimum Gasteiger partial charge on any atom is -0.506 e. The number of nitrogens with two attached hydrogens (primary N) is 1. The van der Waals surface area contributed by atoms with Crippen molar-refractivity contribution in [1.82, 2.24) is 0 Å². The first-order valence-electron chi connectivity index (χ1n) is 4.07. The third kappa shape index (κ3) is 3.97. The Labute approximate surface area is 117 Å². The molecule has 7 heteroatoms. The van der Waals surface area contributed by atoms with Gasteiger partial charge in [-0.25, -0.2) is 0 Å². The number of phenols is 1. The predicted molar refractivity (Wildman–Crippen MR) is 73.2 cm³/mol. The molecule has 0 aliphatic carbocycles. The van der Waals surface area contributed by atoms with E-state index in [1.807, 2.05) is 0 Å². The van der Waals surface area contributed by atoms with Crippen LogP contribution in [0.4, 0.5) is 0 Å². The molecule has 0 saturated heterocycles. The number of carbonyl (C=O) groups is 1. The van der Waals surface area contributed by atoms with Crippen LogP contribution in [0.3, 0.4) is 0 Å². The molecular formula is C9H11Br2NO3S. The van der Waals surface area contributed by atoms with E-state index in [2.05, 4.69) is 31.9 Å². The van der Waals surface area contributed by atoms with Gasteiger partial charge in [-0.05, 0) is 56.0 Å². The SMILES string of the molecule is NC(Cc1cc(Br)c(O)c(Br)c1)C(=O)O.S. The van der Waals surface area contributed by atoms with Gasteiger partial charge in [0.25, 0.3) is 0 Å². The highest BCUT2D eigenvalue weighted by atomic mass is 79.9. The monoisotopic (exact) mass is 371 g/mol. The molecule has 0 aliphatic rings. The molecular weight excluding hydrogens is 362 g/mol. The Morgan fingerprint density at radius 1 is 1.38 bits per heavy atom. The number of hydrogen-bond donors (Lipinski definition) is 3. The number of carboxylic acid groups (broad SMARTS) is 1. The van der Waals surface area contributed by atoms with Gasteiger partial charge in [-0.2, -0.15) is 13.5 Å². The molecule has 0 fully saturated rings. The van der Waals surface area contributed by atoms with Gasteiger partial charge in [-0.15, -0.1) is 0 Å². The fourth-order valence-electron chi connectivity index (χ4n) is 1.08. The smallest absolute Gasteiger partial charge is 0.320 e. The zero-order valence-electron chi connectivity index (χ0n) is 8.08. The van der Waals surface area contributed by atoms with Crippen molar-refractivity contribution in [2.24, 2.45) is 5.73 Å². The zero-order valence-corrected chi connectivity index (χ0v) is 12.2. The van der Waals surface area contributed by atoms with E-state index in [0.29, 0.717) is 8.95 Å². The third-order valence-electron chi connectivity index (χ3n) is 1.85. The average molecular weight is 373 g/mol. The summed E-state index contributed by atoms with van der Waals surface area (Å²) in [6, 6.07) is 2.35. The van der Waals surface area contributed by atoms with Gasteiger partial charge in [0, 0.05) is 0 Å². The summed E-state index contributed by atoms with van der Waals surface area (Å²) in [6.07, 6.45) is 0.215. The van der Waals surface area contributed by atoms with E-state index in [4.69, 9.17) is 10.8 Å². The van der Waals surface area contributed by atoms with Crippen LogP contribution in [0.5, 0.6) is 5.75 Å². The van der Waals surface area contributed by atoms with Crippen molar-refractivity contribution in [1.29, 1.82) is 0 Å². The van der Waals surface area contributed by atoms with Gasteiger partial charge in [0.05, 0.1) is 8.95 Å². The van der Waals surface area contributed by atoms with Crippen LogP contribution in [-0.4, -0.2) is 22.2 Å². The van der Waals surface area contributed by atoms with E-state index in [1.54, 1.807) is 12.1 Å². The highest BCUT2D eigenvalue weighted by Crippen LogP contribution is 2.33. The van der Waals surface area contributed by atoms with Crippen LogP contribution < -0.4 is 5.73 Å². The van der Waals surface area contributed by atoms with E-state index in [1.165, 1.54) is 0 Å². The van der Waals surface area contributed by atoms with E-state index in [0.717, 1.165) is 5.56 Å². The topological polar surface area (TPSA) is 83.5 Å². The number of benzene rings is 1. The molecule has 0 aromatic heterocycles. The number of halogens is 2. The van der Waals surface area contributed by atoms with Gasteiger partial charge >= 0.3 is 5.97 Å². The summed E-state index contributed by atoms with van der Waals surface area (Å²) in [5.74, 6) is -0.960. The van der Waals surface area contributed by atoms with Crippen LogP contribution in [0.1, 0.15) is 5.56 Å². The van der Waals surface area contributed by atoms with Crippen molar-refractivity contribution >= 4 is 51.3 Å². The van der Waals surface area contributed by atoms with Crippen LogP contribution in [0.15, 0.2) is 21.1 Å². The van der Waals surface area contributed by atoms with Crippen molar-refractivity contribution in [3.8, 4) is 5.75 Å². The van der Waals surface area contributed by atoms with Gasteiger partial charge in [0.1, 0.15) is 11.8 Å². The van der Waals surface area contributed by atoms with Gasteiger partial charge < -0.3 is 15.9 Å². The first-order valence-corrected chi connectivity index (χ1v) is 5.65. The van der Waals surface area contributed by atoms with E-state index < -0.39 is 12.0 Å². The summed E-state index contributed by atoms with van der Waals surface area (Å²) in [4.78, 5) is 10.5. The summed E-state index contributed by atoms with van der Waals surface area (Å²) in [6.45, 7) is 0. The number of aliphatic carboxylic acids is 1. The van der Waals surface area contributed by atoms with Gasteiger partial charge in [-0.1, -0.05) is 0 Å². The van der Waals surface area contributed by atoms with Crippen LogP contribution >= 0.6 is 45.4 Å². The third-order valence-corrected chi connectivity index (χ3v) is 3.06. The van der Waals surface area contributed by atoms with Crippen LogP contribution in [0.25, 0.3) is 0 Å². The number of phenolic OH excluding ortho intramolecular Hbond substituents is 1. The van der Waals surface area contributed by atoms with Crippen molar-refractivity contribution in [3.05, 3.63) is 26.6 Å². The summed E-state index contributed by atoms with van der Waals surface area (Å²) < 4.78 is 1.01. The minimum atomic E-state index is -1.05. The summed E-state index contributed by atoms with van der Waals surface area (Å²) in [5, 5.41) is 18.1. The molecule has 1 rings (SSSR count). The van der Waals surface area contributed by atoms with Gasteiger partial charge in [0.2, 0.25) is 0 Å². The highest BCUT2D eigenvalue weighted by Gasteiger charge is 2.14. The fourth-order valence-corrected chi connectivity index (χ4v) is 2.36. The minimum absolute atomic E-state index is 0. The lowest BCUT2D eigenvalue weighted by Gasteiger charge is -2.08. The first-order chi connectivity index (χ1) is 6.91. The number of rotatable bonds is 3. The predicted octanol–water partition coefficient (Wildman–Crippen LogP) is 1.98. The van der Waals surface area contributed by atoms with Gasteiger partial charge in [-0.3, -0.25) is 4.79 Å². The Balaban J connectivity index is 0.00000225. The summed E-state index contributed by atoms with van der Waals surface area (Å²) >= 11 is 6.31. The second-order valence-electron chi connectivity index (χ2n) is 3.06. The Kier molecular flexibility index (Phi) is 6.39. The Hall–Kier alpha value is -0.240. The Morgan fingerprint density at radius 2 is 1.81 bits per heavy atom. The highest BCUT2D eigenvalue weighted by molar-refractivity contribution is 9.11. The Morgan fingerprint density at radius 3 is 2.19 bits per heavy atom.